The van der Waals surface area contributed by atoms with Crippen LogP contribution in [-0.4, -0.2) is 28.4 Å². The van der Waals surface area contributed by atoms with Gasteiger partial charge in [0.25, 0.3) is 0 Å². The zero-order valence-electron chi connectivity index (χ0n) is 12.1. The van der Waals surface area contributed by atoms with Crippen molar-refractivity contribution in [2.24, 2.45) is 0 Å². The second-order valence-corrected chi connectivity index (χ2v) is 4.34. The van der Waals surface area contributed by atoms with Crippen LogP contribution in [-0.2, 0) is 9.53 Å². The van der Waals surface area contributed by atoms with Gasteiger partial charge < -0.3 is 20.1 Å². The van der Waals surface area contributed by atoms with Gasteiger partial charge in [-0.3, -0.25) is 0 Å². The Morgan fingerprint density at radius 3 is 1.55 bits per heavy atom. The molecule has 0 radical (unpaired) electrons. The second kappa shape index (κ2) is 8.49. The van der Waals surface area contributed by atoms with Crippen molar-refractivity contribution in [2.45, 2.75) is 6.10 Å². The molecule has 2 aromatic rings. The van der Waals surface area contributed by atoms with E-state index in [2.05, 4.69) is 6.58 Å². The lowest BCUT2D eigenvalue weighted by Gasteiger charge is -2.16. The molecule has 2 rings (SSSR count). The molecule has 0 saturated carbocycles. The molecule has 0 saturated heterocycles. The fraction of sp³-hybridized carbons (Fsp3) is 0.118. The van der Waals surface area contributed by atoms with Gasteiger partial charge in [-0.05, 0) is 35.4 Å². The molecule has 3 N–H and O–H groups in total. The van der Waals surface area contributed by atoms with Crippen LogP contribution < -0.4 is 0 Å². The minimum atomic E-state index is -0.981. The molecule has 0 atom stereocenters. The quantitative estimate of drug-likeness (QED) is 0.755. The van der Waals surface area contributed by atoms with Crippen molar-refractivity contribution in [1.82, 2.24) is 0 Å². The largest absolute Gasteiger partial charge is 0.508 e. The third kappa shape index (κ3) is 5.30. The zero-order chi connectivity index (χ0) is 16.5. The van der Waals surface area contributed by atoms with E-state index >= 15 is 0 Å². The van der Waals surface area contributed by atoms with Gasteiger partial charge in [0.1, 0.15) is 17.6 Å². The first-order chi connectivity index (χ1) is 10.5. The Labute approximate surface area is 128 Å². The maximum absolute atomic E-state index is 9.25. The summed E-state index contributed by atoms with van der Waals surface area (Å²) in [6.45, 7) is 2.96. The van der Waals surface area contributed by atoms with Gasteiger partial charge in [-0.2, -0.15) is 0 Å². The number of phenolic OH excluding ortho intramolecular Hbond substituents is 2. The van der Waals surface area contributed by atoms with Crippen LogP contribution in [0.1, 0.15) is 17.2 Å². The first-order valence-electron chi connectivity index (χ1n) is 6.44. The molecule has 5 heteroatoms. The minimum Gasteiger partial charge on any atom is -0.508 e. The number of hydrogen-bond donors (Lipinski definition) is 3. The Hall–Kier alpha value is -2.79. The molecular formula is C17H18O5. The lowest BCUT2D eigenvalue weighted by Crippen LogP contribution is -2.02. The first-order valence-corrected chi connectivity index (χ1v) is 6.44. The number of methoxy groups -OCH3 is 1. The van der Waals surface area contributed by atoms with Gasteiger partial charge in [0.05, 0.1) is 0 Å². The van der Waals surface area contributed by atoms with Gasteiger partial charge >= 0.3 is 5.97 Å². The monoisotopic (exact) mass is 302 g/mol. The number of phenols is 2. The lowest BCUT2D eigenvalue weighted by molar-refractivity contribution is -0.131. The van der Waals surface area contributed by atoms with Gasteiger partial charge in [0.2, 0.25) is 0 Å². The molecule has 0 aromatic heterocycles. The summed E-state index contributed by atoms with van der Waals surface area (Å²) in [5, 5.41) is 26.1. The Morgan fingerprint density at radius 1 is 1.00 bits per heavy atom. The summed E-state index contributed by atoms with van der Waals surface area (Å²) in [5.74, 6) is -0.520. The number of aromatic hydroxyl groups is 2. The van der Waals surface area contributed by atoms with E-state index in [1.54, 1.807) is 31.4 Å². The van der Waals surface area contributed by atoms with Crippen molar-refractivity contribution in [3.8, 4) is 11.5 Å². The molecule has 0 fully saturated rings. The third-order valence-corrected chi connectivity index (χ3v) is 2.80. The number of hydrogen-bond acceptors (Lipinski definition) is 4. The molecule has 0 heterocycles. The summed E-state index contributed by atoms with van der Waals surface area (Å²) in [7, 11) is 1.63. The fourth-order valence-corrected chi connectivity index (χ4v) is 1.76. The molecule has 22 heavy (non-hydrogen) atoms. The van der Waals surface area contributed by atoms with Crippen LogP contribution in [0.4, 0.5) is 0 Å². The van der Waals surface area contributed by atoms with Gasteiger partial charge in [-0.15, -0.1) is 0 Å². The number of aliphatic carboxylic acids is 1. The van der Waals surface area contributed by atoms with Crippen LogP contribution >= 0.6 is 0 Å². The number of carbonyl (C=O) groups is 1. The van der Waals surface area contributed by atoms with Crippen LogP contribution in [0.5, 0.6) is 11.5 Å². The van der Waals surface area contributed by atoms with Gasteiger partial charge in [-0.1, -0.05) is 30.8 Å². The molecule has 0 bridgehead atoms. The molecule has 5 nitrogen and oxygen atoms in total. The highest BCUT2D eigenvalue weighted by Gasteiger charge is 2.12. The highest BCUT2D eigenvalue weighted by molar-refractivity contribution is 5.78. The van der Waals surface area contributed by atoms with E-state index < -0.39 is 5.97 Å². The molecular weight excluding hydrogens is 284 g/mol. The molecule has 2 aromatic carbocycles. The van der Waals surface area contributed by atoms with Crippen molar-refractivity contribution in [2.75, 3.05) is 7.11 Å². The van der Waals surface area contributed by atoms with E-state index in [9.17, 15) is 15.0 Å². The highest BCUT2D eigenvalue weighted by atomic mass is 16.5. The maximum atomic E-state index is 9.25. The van der Waals surface area contributed by atoms with Crippen LogP contribution in [0, 0.1) is 0 Å². The number of carboxylic acid groups (broad SMARTS) is 1. The number of benzene rings is 2. The van der Waals surface area contributed by atoms with Crippen molar-refractivity contribution in [3.05, 3.63) is 72.3 Å². The fourth-order valence-electron chi connectivity index (χ4n) is 1.76. The van der Waals surface area contributed by atoms with Crippen molar-refractivity contribution in [3.63, 3.8) is 0 Å². The van der Waals surface area contributed by atoms with E-state index in [0.717, 1.165) is 17.2 Å². The van der Waals surface area contributed by atoms with Crippen molar-refractivity contribution < 1.29 is 24.9 Å². The van der Waals surface area contributed by atoms with Gasteiger partial charge in [0, 0.05) is 13.2 Å². The van der Waals surface area contributed by atoms with E-state index in [1.807, 2.05) is 24.3 Å². The minimum absolute atomic E-state index is 0.198. The van der Waals surface area contributed by atoms with Gasteiger partial charge in [-0.25, -0.2) is 4.79 Å². The lowest BCUT2D eigenvalue weighted by atomic mass is 10.0. The summed E-state index contributed by atoms with van der Waals surface area (Å²) >= 11 is 0. The smallest absolute Gasteiger partial charge is 0.327 e. The second-order valence-electron chi connectivity index (χ2n) is 4.34. The first kappa shape index (κ1) is 17.3. The van der Waals surface area contributed by atoms with E-state index in [4.69, 9.17) is 9.84 Å². The average molecular weight is 302 g/mol. The standard InChI is InChI=1S/C14H14O3.C3H4O2/c1-17-14(10-2-6-12(15)7-3-10)11-4-8-13(16)9-5-11;1-2-3(4)5/h2-9,14-16H,1H3;2H,1H2,(H,4,5). The van der Waals surface area contributed by atoms with Crippen molar-refractivity contribution >= 4 is 5.97 Å². The summed E-state index contributed by atoms with van der Waals surface area (Å²) < 4.78 is 5.44. The molecule has 0 spiro atoms. The van der Waals surface area contributed by atoms with E-state index in [-0.39, 0.29) is 17.6 Å². The molecule has 0 unspecified atom stereocenters. The van der Waals surface area contributed by atoms with Crippen LogP contribution in [0.3, 0.4) is 0 Å². The number of ether oxygens (including phenoxy) is 1. The maximum Gasteiger partial charge on any atom is 0.327 e. The van der Waals surface area contributed by atoms with Crippen molar-refractivity contribution in [1.29, 1.82) is 0 Å². The SMILES string of the molecule is C=CC(=O)O.COC(c1ccc(O)cc1)c1ccc(O)cc1. The van der Waals surface area contributed by atoms with E-state index in [1.165, 1.54) is 0 Å². The molecule has 0 amide bonds. The zero-order valence-corrected chi connectivity index (χ0v) is 12.1. The van der Waals surface area contributed by atoms with Crippen LogP contribution in [0.2, 0.25) is 0 Å². The Morgan fingerprint density at radius 2 is 1.32 bits per heavy atom. The summed E-state index contributed by atoms with van der Waals surface area (Å²) in [5.41, 5.74) is 1.91. The highest BCUT2D eigenvalue weighted by Crippen LogP contribution is 2.27. The molecule has 0 aliphatic carbocycles. The van der Waals surface area contributed by atoms with Crippen LogP contribution in [0.15, 0.2) is 61.2 Å². The molecule has 0 aliphatic rings. The molecule has 0 aliphatic heterocycles. The molecule has 116 valence electrons. The Kier molecular flexibility index (Phi) is 6.66. The van der Waals surface area contributed by atoms with E-state index in [0.29, 0.717) is 0 Å². The third-order valence-electron chi connectivity index (χ3n) is 2.80. The summed E-state index contributed by atoms with van der Waals surface area (Å²) in [6.07, 6.45) is 0.635. The summed E-state index contributed by atoms with van der Waals surface area (Å²) in [4.78, 5) is 9.25. The number of rotatable bonds is 4. The Bertz CT molecular complexity index is 556. The predicted octanol–water partition coefficient (Wildman–Crippen LogP) is 3.09. The van der Waals surface area contributed by atoms with Crippen LogP contribution in [0.25, 0.3) is 0 Å². The normalized spacial score (nSPS) is 9.73. The predicted molar refractivity (Wildman–Crippen MR) is 82.9 cm³/mol. The topological polar surface area (TPSA) is 87.0 Å². The average Bonchev–Trinajstić information content (AvgIpc) is 2.52. The Balaban J connectivity index is 0.000000422. The number of carboxylic acids is 1. The van der Waals surface area contributed by atoms with Gasteiger partial charge in [0.15, 0.2) is 0 Å². The summed E-state index contributed by atoms with van der Waals surface area (Å²) in [6, 6.07) is 13.8.